The molecular weight excluding hydrogens is 661 g/mol. The van der Waals surface area contributed by atoms with Crippen molar-refractivity contribution in [3.8, 4) is 45.3 Å². The topological polar surface area (TPSA) is 55.1 Å². The molecule has 0 unspecified atom stereocenters. The largest absolute Gasteiger partial charge is 0.455 e. The first-order valence-corrected chi connectivity index (χ1v) is 18.0. The first-order chi connectivity index (χ1) is 26.8. The second kappa shape index (κ2) is 13.3. The summed E-state index contributed by atoms with van der Waals surface area (Å²) in [5.41, 5.74) is 9.67. The van der Waals surface area contributed by atoms with Crippen molar-refractivity contribution < 1.29 is 4.42 Å². The Balaban J connectivity index is 1.27. The molecule has 0 saturated carbocycles. The Kier molecular flexibility index (Phi) is 7.73. The van der Waals surface area contributed by atoms with E-state index in [1.807, 2.05) is 78.9 Å². The molecule has 0 bridgehead atoms. The number of hydrogen-bond donors (Lipinski definition) is 0. The van der Waals surface area contributed by atoms with E-state index in [9.17, 15) is 0 Å². The van der Waals surface area contributed by atoms with Crippen LogP contribution in [0, 0.1) is 0 Å². The molecule has 2 heterocycles. The molecule has 0 spiro atoms. The molecule has 0 atom stereocenters. The number of hydrogen-bond acceptors (Lipinski definition) is 5. The summed E-state index contributed by atoms with van der Waals surface area (Å²) in [7, 11) is 0. The molecule has 10 aromatic rings. The number of para-hydroxylation sites is 1. The molecule has 0 amide bonds. The van der Waals surface area contributed by atoms with Gasteiger partial charge < -0.3 is 9.32 Å². The molecule has 254 valence electrons. The van der Waals surface area contributed by atoms with Crippen molar-refractivity contribution in [2.75, 3.05) is 4.90 Å². The van der Waals surface area contributed by atoms with Crippen LogP contribution in [0.4, 0.5) is 17.1 Å². The summed E-state index contributed by atoms with van der Waals surface area (Å²) in [5.74, 6) is 1.80. The number of benzene rings is 8. The molecule has 0 saturated heterocycles. The number of aromatic nitrogens is 3. The third kappa shape index (κ3) is 5.56. The predicted molar refractivity (Wildman–Crippen MR) is 221 cm³/mol. The highest BCUT2D eigenvalue weighted by Crippen LogP contribution is 2.48. The fourth-order valence-electron chi connectivity index (χ4n) is 7.36. The molecule has 5 heteroatoms. The van der Waals surface area contributed by atoms with E-state index < -0.39 is 0 Å². The van der Waals surface area contributed by atoms with E-state index in [0.717, 1.165) is 72.0 Å². The van der Waals surface area contributed by atoms with Crippen LogP contribution in [0.15, 0.2) is 199 Å². The molecule has 0 N–H and O–H groups in total. The minimum absolute atomic E-state index is 0.577. The van der Waals surface area contributed by atoms with E-state index in [1.54, 1.807) is 0 Å². The van der Waals surface area contributed by atoms with Crippen molar-refractivity contribution in [3.05, 3.63) is 194 Å². The molecule has 10 rings (SSSR count). The Labute approximate surface area is 312 Å². The maximum Gasteiger partial charge on any atom is 0.164 e. The Morgan fingerprint density at radius 1 is 0.389 bits per heavy atom. The van der Waals surface area contributed by atoms with Gasteiger partial charge in [0.15, 0.2) is 17.5 Å². The van der Waals surface area contributed by atoms with Crippen molar-refractivity contribution in [1.29, 1.82) is 0 Å². The zero-order valence-corrected chi connectivity index (χ0v) is 29.2. The summed E-state index contributed by atoms with van der Waals surface area (Å²) in [5, 5.41) is 4.05. The average molecular weight is 693 g/mol. The third-order valence-electron chi connectivity index (χ3n) is 9.90. The lowest BCUT2D eigenvalue weighted by atomic mass is 9.99. The van der Waals surface area contributed by atoms with Crippen molar-refractivity contribution >= 4 is 49.8 Å². The summed E-state index contributed by atoms with van der Waals surface area (Å²) >= 11 is 0. The lowest BCUT2D eigenvalue weighted by Crippen LogP contribution is -2.10. The highest BCUT2D eigenvalue weighted by atomic mass is 16.3. The van der Waals surface area contributed by atoms with E-state index in [1.165, 1.54) is 5.56 Å². The van der Waals surface area contributed by atoms with E-state index in [4.69, 9.17) is 19.4 Å². The van der Waals surface area contributed by atoms with Crippen LogP contribution in [0.3, 0.4) is 0 Å². The monoisotopic (exact) mass is 692 g/mol. The minimum atomic E-state index is 0.577. The smallest absolute Gasteiger partial charge is 0.164 e. The van der Waals surface area contributed by atoms with Gasteiger partial charge in [-0.05, 0) is 52.9 Å². The minimum Gasteiger partial charge on any atom is -0.455 e. The van der Waals surface area contributed by atoms with Crippen molar-refractivity contribution in [2.45, 2.75) is 0 Å². The Hall–Kier alpha value is -7.37. The number of nitrogens with zero attached hydrogens (tertiary/aromatic N) is 4. The van der Waals surface area contributed by atoms with Gasteiger partial charge in [-0.25, -0.2) is 15.0 Å². The van der Waals surface area contributed by atoms with E-state index >= 15 is 0 Å². The van der Waals surface area contributed by atoms with Gasteiger partial charge in [0.2, 0.25) is 0 Å². The van der Waals surface area contributed by atoms with Gasteiger partial charge >= 0.3 is 0 Å². The third-order valence-corrected chi connectivity index (χ3v) is 9.90. The van der Waals surface area contributed by atoms with Gasteiger partial charge in [-0.1, -0.05) is 158 Å². The molecule has 0 aliphatic heterocycles. The second-order valence-electron chi connectivity index (χ2n) is 13.2. The Morgan fingerprint density at radius 3 is 1.56 bits per heavy atom. The van der Waals surface area contributed by atoms with Crippen molar-refractivity contribution in [1.82, 2.24) is 15.0 Å². The van der Waals surface area contributed by atoms with Crippen LogP contribution in [-0.2, 0) is 0 Å². The summed E-state index contributed by atoms with van der Waals surface area (Å²) in [4.78, 5) is 17.6. The van der Waals surface area contributed by atoms with E-state index in [0.29, 0.717) is 17.5 Å². The van der Waals surface area contributed by atoms with Crippen molar-refractivity contribution in [2.24, 2.45) is 0 Å². The fourth-order valence-corrected chi connectivity index (χ4v) is 7.36. The van der Waals surface area contributed by atoms with Crippen LogP contribution in [0.5, 0.6) is 0 Å². The molecule has 0 fully saturated rings. The summed E-state index contributed by atoms with van der Waals surface area (Å²) < 4.78 is 6.90. The first kappa shape index (κ1) is 31.4. The molecule has 0 aliphatic carbocycles. The van der Waals surface area contributed by atoms with E-state index in [2.05, 4.69) is 120 Å². The maximum atomic E-state index is 6.90. The Bertz CT molecular complexity index is 2850. The van der Waals surface area contributed by atoms with Crippen LogP contribution in [0.1, 0.15) is 0 Å². The van der Waals surface area contributed by atoms with Gasteiger partial charge in [0.25, 0.3) is 0 Å². The lowest BCUT2D eigenvalue weighted by Gasteiger charge is -2.27. The molecule has 0 radical (unpaired) electrons. The van der Waals surface area contributed by atoms with Crippen LogP contribution < -0.4 is 4.90 Å². The molecule has 5 nitrogen and oxygen atoms in total. The van der Waals surface area contributed by atoms with Crippen LogP contribution in [0.25, 0.3) is 78.0 Å². The zero-order chi connectivity index (χ0) is 35.8. The van der Waals surface area contributed by atoms with Gasteiger partial charge in [-0.3, -0.25) is 0 Å². The normalized spacial score (nSPS) is 11.3. The highest BCUT2D eigenvalue weighted by molar-refractivity contribution is 6.24. The van der Waals surface area contributed by atoms with Gasteiger partial charge in [-0.15, -0.1) is 0 Å². The van der Waals surface area contributed by atoms with Gasteiger partial charge in [0.05, 0.1) is 11.1 Å². The maximum absolute atomic E-state index is 6.90. The molecule has 0 aliphatic rings. The van der Waals surface area contributed by atoms with Crippen LogP contribution in [-0.4, -0.2) is 15.0 Å². The lowest BCUT2D eigenvalue weighted by molar-refractivity contribution is 0.673. The van der Waals surface area contributed by atoms with Crippen LogP contribution >= 0.6 is 0 Å². The molecule has 54 heavy (non-hydrogen) atoms. The number of anilines is 3. The van der Waals surface area contributed by atoms with E-state index in [-0.39, 0.29) is 0 Å². The van der Waals surface area contributed by atoms with Gasteiger partial charge in [0.1, 0.15) is 11.2 Å². The summed E-state index contributed by atoms with van der Waals surface area (Å²) in [6.07, 6.45) is 0. The second-order valence-corrected chi connectivity index (χ2v) is 13.2. The highest BCUT2D eigenvalue weighted by Gasteiger charge is 2.25. The first-order valence-electron chi connectivity index (χ1n) is 18.0. The zero-order valence-electron chi connectivity index (χ0n) is 29.2. The summed E-state index contributed by atoms with van der Waals surface area (Å²) in [6, 6.07) is 66.8. The SMILES string of the molecule is c1ccc(-c2ccc(N(c3ccccc3)c3cc4ccccc4c4oc5cccc(-c6nc(-c7ccccc7)nc(-c7ccccc7)n6)c5c34)cc2)cc1. The Morgan fingerprint density at radius 2 is 0.907 bits per heavy atom. The number of fused-ring (bicyclic) bond motifs is 5. The standard InChI is InChI=1S/C49H32N4O/c1-5-16-33(17-6-1)34-28-30-39(31-29-34)53(38-23-11-4-12-24-38)42-32-37-22-13-14-25-40(37)46-45(42)44-41(26-15-27-43(44)54-46)49-51-47(35-18-7-2-8-19-35)50-48(52-49)36-20-9-3-10-21-36/h1-32H. The van der Waals surface area contributed by atoms with Crippen LogP contribution in [0.2, 0.25) is 0 Å². The number of furan rings is 1. The summed E-state index contributed by atoms with van der Waals surface area (Å²) in [6.45, 7) is 0. The van der Waals surface area contributed by atoms with Gasteiger partial charge in [0, 0.05) is 38.8 Å². The molecular formula is C49H32N4O. The number of rotatable bonds is 7. The average Bonchev–Trinajstić information content (AvgIpc) is 3.66. The van der Waals surface area contributed by atoms with Gasteiger partial charge in [-0.2, -0.15) is 0 Å². The fraction of sp³-hybridized carbons (Fsp3) is 0. The quantitative estimate of drug-likeness (QED) is 0.166. The van der Waals surface area contributed by atoms with Crippen molar-refractivity contribution in [3.63, 3.8) is 0 Å². The molecule has 8 aromatic carbocycles. The predicted octanol–water partition coefficient (Wildman–Crippen LogP) is 13.1. The molecule has 2 aromatic heterocycles.